The molecule has 0 aliphatic carbocycles. The van der Waals surface area contributed by atoms with E-state index in [1.54, 1.807) is 0 Å². The van der Waals surface area contributed by atoms with Crippen LogP contribution in [0.1, 0.15) is 72.1 Å². The SMILES string of the molecule is CCCCC(CCC)(CCCC)OP(O)O. The fourth-order valence-electron chi connectivity index (χ4n) is 2.14. The van der Waals surface area contributed by atoms with Gasteiger partial charge in [-0.15, -0.1) is 0 Å². The van der Waals surface area contributed by atoms with E-state index in [1.165, 1.54) is 0 Å². The van der Waals surface area contributed by atoms with Crippen LogP contribution in [0.2, 0.25) is 0 Å². The van der Waals surface area contributed by atoms with Crippen molar-refractivity contribution < 1.29 is 14.3 Å². The largest absolute Gasteiger partial charge is 0.328 e. The fraction of sp³-hybridized carbons (Fsp3) is 1.00. The number of unbranched alkanes of at least 4 members (excludes halogenated alkanes) is 2. The standard InChI is InChI=1S/C12H27O3P/c1-4-7-10-12(9-6-3,11-8-5-2)15-16(13)14/h13-14H,4-11H2,1-3H3. The predicted octanol–water partition coefficient (Wildman–Crippen LogP) is 4.13. The van der Waals surface area contributed by atoms with Crippen molar-refractivity contribution in [1.29, 1.82) is 0 Å². The number of hydrogen-bond acceptors (Lipinski definition) is 3. The van der Waals surface area contributed by atoms with E-state index in [1.807, 2.05) is 0 Å². The van der Waals surface area contributed by atoms with Crippen LogP contribution in [0.15, 0.2) is 0 Å². The summed E-state index contributed by atoms with van der Waals surface area (Å²) in [6.07, 6.45) is 8.25. The van der Waals surface area contributed by atoms with Crippen LogP contribution in [0, 0.1) is 0 Å². The molecule has 0 saturated carbocycles. The minimum Gasteiger partial charge on any atom is -0.328 e. The van der Waals surface area contributed by atoms with E-state index in [9.17, 15) is 0 Å². The van der Waals surface area contributed by atoms with Gasteiger partial charge in [0.2, 0.25) is 0 Å². The Bertz CT molecular complexity index is 154. The lowest BCUT2D eigenvalue weighted by molar-refractivity contribution is 0.0245. The van der Waals surface area contributed by atoms with Crippen molar-refractivity contribution in [2.75, 3.05) is 0 Å². The summed E-state index contributed by atoms with van der Waals surface area (Å²) in [6, 6.07) is 0. The molecule has 0 aliphatic heterocycles. The summed E-state index contributed by atoms with van der Waals surface area (Å²) in [5.41, 5.74) is -0.296. The molecule has 0 rings (SSSR count). The molecule has 98 valence electrons. The summed E-state index contributed by atoms with van der Waals surface area (Å²) < 4.78 is 5.46. The fourth-order valence-corrected chi connectivity index (χ4v) is 2.76. The van der Waals surface area contributed by atoms with Gasteiger partial charge >= 0.3 is 8.60 Å². The Hall–Kier alpha value is 0.310. The second kappa shape index (κ2) is 9.35. The molecular formula is C12H27O3P. The van der Waals surface area contributed by atoms with Crippen LogP contribution in [-0.2, 0) is 4.52 Å². The first-order valence-corrected chi connectivity index (χ1v) is 7.63. The van der Waals surface area contributed by atoms with Gasteiger partial charge in [0.05, 0.1) is 5.60 Å². The highest BCUT2D eigenvalue weighted by Crippen LogP contribution is 2.41. The third-order valence-corrected chi connectivity index (χ3v) is 3.50. The van der Waals surface area contributed by atoms with E-state index in [0.29, 0.717) is 0 Å². The lowest BCUT2D eigenvalue weighted by Gasteiger charge is -2.33. The topological polar surface area (TPSA) is 49.7 Å². The normalized spacial score (nSPS) is 12.4. The zero-order valence-corrected chi connectivity index (χ0v) is 11.8. The molecule has 0 aromatic heterocycles. The van der Waals surface area contributed by atoms with E-state index in [-0.39, 0.29) is 5.60 Å². The van der Waals surface area contributed by atoms with Gasteiger partial charge in [-0.2, -0.15) is 0 Å². The van der Waals surface area contributed by atoms with Crippen LogP contribution in [0.25, 0.3) is 0 Å². The smallest absolute Gasteiger partial charge is 0.327 e. The Morgan fingerprint density at radius 1 is 0.875 bits per heavy atom. The monoisotopic (exact) mass is 250 g/mol. The third-order valence-electron chi connectivity index (χ3n) is 2.95. The predicted molar refractivity (Wildman–Crippen MR) is 69.1 cm³/mol. The van der Waals surface area contributed by atoms with Gasteiger partial charge in [-0.05, 0) is 19.3 Å². The highest BCUT2D eigenvalue weighted by molar-refractivity contribution is 7.39. The van der Waals surface area contributed by atoms with E-state index in [4.69, 9.17) is 14.3 Å². The maximum absolute atomic E-state index is 9.11. The Balaban J connectivity index is 4.45. The summed E-state index contributed by atoms with van der Waals surface area (Å²) in [7, 11) is -2.23. The second-order valence-electron chi connectivity index (χ2n) is 4.48. The molecule has 0 aliphatic rings. The lowest BCUT2D eigenvalue weighted by Crippen LogP contribution is -2.31. The summed E-state index contributed by atoms with van der Waals surface area (Å²) in [4.78, 5) is 18.2. The van der Waals surface area contributed by atoms with Gasteiger partial charge in [-0.1, -0.05) is 52.9 Å². The van der Waals surface area contributed by atoms with Crippen LogP contribution in [0.5, 0.6) is 0 Å². The van der Waals surface area contributed by atoms with E-state index in [0.717, 1.165) is 51.4 Å². The number of hydrogen-bond donors (Lipinski definition) is 2. The van der Waals surface area contributed by atoms with Crippen LogP contribution < -0.4 is 0 Å². The van der Waals surface area contributed by atoms with Gasteiger partial charge < -0.3 is 14.3 Å². The second-order valence-corrected chi connectivity index (χ2v) is 5.17. The molecule has 0 aromatic carbocycles. The lowest BCUT2D eigenvalue weighted by atomic mass is 9.87. The van der Waals surface area contributed by atoms with Gasteiger partial charge in [0, 0.05) is 0 Å². The minimum atomic E-state index is -2.23. The van der Waals surface area contributed by atoms with Gasteiger partial charge in [-0.25, -0.2) is 0 Å². The van der Waals surface area contributed by atoms with Crippen LogP contribution >= 0.6 is 8.60 Å². The molecule has 0 atom stereocenters. The van der Waals surface area contributed by atoms with Gasteiger partial charge in [-0.3, -0.25) is 0 Å². The molecule has 0 saturated heterocycles. The molecule has 0 aromatic rings. The zero-order valence-electron chi connectivity index (χ0n) is 10.9. The van der Waals surface area contributed by atoms with Gasteiger partial charge in [0.25, 0.3) is 0 Å². The molecule has 16 heavy (non-hydrogen) atoms. The summed E-state index contributed by atoms with van der Waals surface area (Å²) >= 11 is 0. The highest BCUT2D eigenvalue weighted by atomic mass is 31.2. The molecule has 0 amide bonds. The molecule has 0 bridgehead atoms. The molecule has 2 N–H and O–H groups in total. The Labute approximate surface area is 101 Å². The summed E-state index contributed by atoms with van der Waals surface area (Å²) in [5.74, 6) is 0. The van der Waals surface area contributed by atoms with Crippen LogP contribution in [0.3, 0.4) is 0 Å². The molecule has 3 nitrogen and oxygen atoms in total. The van der Waals surface area contributed by atoms with Crippen LogP contribution in [0.4, 0.5) is 0 Å². The van der Waals surface area contributed by atoms with Crippen molar-refractivity contribution in [2.45, 2.75) is 77.7 Å². The molecule has 0 spiro atoms. The Morgan fingerprint density at radius 3 is 1.69 bits per heavy atom. The third kappa shape index (κ3) is 6.80. The average Bonchev–Trinajstić information content (AvgIpc) is 2.23. The average molecular weight is 250 g/mol. The minimum absolute atomic E-state index is 0.296. The van der Waals surface area contributed by atoms with Gasteiger partial charge in [0.15, 0.2) is 0 Å². The zero-order chi connectivity index (χ0) is 12.4. The van der Waals surface area contributed by atoms with Crippen molar-refractivity contribution in [3.63, 3.8) is 0 Å². The van der Waals surface area contributed by atoms with Gasteiger partial charge in [0.1, 0.15) is 0 Å². The van der Waals surface area contributed by atoms with E-state index < -0.39 is 8.60 Å². The van der Waals surface area contributed by atoms with Crippen molar-refractivity contribution in [3.05, 3.63) is 0 Å². The summed E-state index contributed by atoms with van der Waals surface area (Å²) in [6.45, 7) is 6.42. The maximum Gasteiger partial charge on any atom is 0.327 e. The molecule has 0 unspecified atom stereocenters. The van der Waals surface area contributed by atoms with E-state index >= 15 is 0 Å². The quantitative estimate of drug-likeness (QED) is 0.573. The first-order valence-electron chi connectivity index (χ1n) is 6.47. The Morgan fingerprint density at radius 2 is 1.38 bits per heavy atom. The molecule has 4 heteroatoms. The first-order chi connectivity index (χ1) is 7.60. The summed E-state index contributed by atoms with van der Waals surface area (Å²) in [5, 5.41) is 0. The molecule has 0 fully saturated rings. The highest BCUT2D eigenvalue weighted by Gasteiger charge is 2.31. The molecule has 0 radical (unpaired) electrons. The van der Waals surface area contributed by atoms with E-state index in [2.05, 4.69) is 20.8 Å². The van der Waals surface area contributed by atoms with Crippen molar-refractivity contribution >= 4 is 8.60 Å². The maximum atomic E-state index is 9.11. The molecular weight excluding hydrogens is 223 g/mol. The number of rotatable bonds is 10. The molecule has 0 heterocycles. The van der Waals surface area contributed by atoms with Crippen molar-refractivity contribution in [3.8, 4) is 0 Å². The van der Waals surface area contributed by atoms with Crippen molar-refractivity contribution in [2.24, 2.45) is 0 Å². The first kappa shape index (κ1) is 16.3. The van der Waals surface area contributed by atoms with Crippen LogP contribution in [-0.4, -0.2) is 15.4 Å². The Kier molecular flexibility index (Phi) is 9.53. The van der Waals surface area contributed by atoms with Crippen molar-refractivity contribution in [1.82, 2.24) is 0 Å².